The van der Waals surface area contributed by atoms with Gasteiger partial charge in [0.2, 0.25) is 0 Å². The molecule has 104 valence electrons. The fraction of sp³-hybridized carbons (Fsp3) is 1.00. The van der Waals surface area contributed by atoms with Crippen LogP contribution in [0.2, 0.25) is 0 Å². The molecular weight excluding hydrogens is 208 g/mol. The molecular formula is C15H34N2. The minimum atomic E-state index is 0.793. The van der Waals surface area contributed by atoms with E-state index < -0.39 is 0 Å². The quantitative estimate of drug-likeness (QED) is 0.745. The maximum Gasteiger partial charge on any atom is 0.00934 e. The zero-order valence-corrected chi connectivity index (χ0v) is 13.2. The fourth-order valence-corrected chi connectivity index (χ4v) is 2.74. The van der Waals surface area contributed by atoms with Gasteiger partial charge in [-0.15, -0.1) is 0 Å². The van der Waals surface area contributed by atoms with Crippen LogP contribution in [0.4, 0.5) is 0 Å². The summed E-state index contributed by atoms with van der Waals surface area (Å²) < 4.78 is 0. The summed E-state index contributed by atoms with van der Waals surface area (Å²) in [6, 6.07) is 1.66. The molecule has 0 spiro atoms. The minimum Gasteiger partial charge on any atom is -0.306 e. The van der Waals surface area contributed by atoms with Crippen LogP contribution >= 0.6 is 0 Å². The van der Waals surface area contributed by atoms with Gasteiger partial charge in [-0.3, -0.25) is 0 Å². The molecule has 1 rings (SSSR count). The van der Waals surface area contributed by atoms with Crippen molar-refractivity contribution in [3.05, 3.63) is 0 Å². The summed E-state index contributed by atoms with van der Waals surface area (Å²) in [6.07, 6.45) is 5.51. The first-order valence-electron chi connectivity index (χ1n) is 7.37. The summed E-state index contributed by atoms with van der Waals surface area (Å²) in [5.41, 5.74) is 0. The summed E-state index contributed by atoms with van der Waals surface area (Å²) in [6.45, 7) is 9.86. The highest BCUT2D eigenvalue weighted by atomic mass is 15.1. The molecule has 17 heavy (non-hydrogen) atoms. The smallest absolute Gasteiger partial charge is 0.00934 e. The van der Waals surface area contributed by atoms with Crippen LogP contribution in [0.5, 0.6) is 0 Å². The van der Waals surface area contributed by atoms with E-state index in [9.17, 15) is 0 Å². The molecule has 0 N–H and O–H groups in total. The molecule has 1 aliphatic carbocycles. The van der Waals surface area contributed by atoms with Crippen LogP contribution in [0, 0.1) is 5.92 Å². The van der Waals surface area contributed by atoms with E-state index in [0.717, 1.165) is 18.0 Å². The predicted molar refractivity (Wildman–Crippen MR) is 78.5 cm³/mol. The van der Waals surface area contributed by atoms with Gasteiger partial charge in [-0.1, -0.05) is 27.7 Å². The summed E-state index contributed by atoms with van der Waals surface area (Å²) in [4.78, 5) is 4.95. The Morgan fingerprint density at radius 2 is 1.29 bits per heavy atom. The van der Waals surface area contributed by atoms with E-state index in [2.05, 4.69) is 44.8 Å². The van der Waals surface area contributed by atoms with Gasteiger partial charge in [0, 0.05) is 18.6 Å². The summed E-state index contributed by atoms with van der Waals surface area (Å²) in [7, 11) is 6.71. The van der Waals surface area contributed by atoms with Crippen molar-refractivity contribution in [1.29, 1.82) is 0 Å². The SMILES string of the molecule is CC.CC(C)CN(C)C1CCC(N(C)C)CC1. The number of hydrogen-bond donors (Lipinski definition) is 0. The molecule has 2 nitrogen and oxygen atoms in total. The van der Waals surface area contributed by atoms with Crippen LogP contribution in [0.25, 0.3) is 0 Å². The molecule has 0 aromatic carbocycles. The number of nitrogens with zero attached hydrogens (tertiary/aromatic N) is 2. The van der Waals surface area contributed by atoms with Crippen molar-refractivity contribution in [1.82, 2.24) is 9.80 Å². The minimum absolute atomic E-state index is 0.793. The molecule has 0 amide bonds. The monoisotopic (exact) mass is 242 g/mol. The second-order valence-electron chi connectivity index (χ2n) is 5.76. The van der Waals surface area contributed by atoms with E-state index in [1.54, 1.807) is 0 Å². The Bertz CT molecular complexity index is 170. The topological polar surface area (TPSA) is 6.48 Å². The Kier molecular flexibility index (Phi) is 8.89. The Hall–Kier alpha value is -0.0800. The van der Waals surface area contributed by atoms with Gasteiger partial charge >= 0.3 is 0 Å². The average Bonchev–Trinajstić information content (AvgIpc) is 2.31. The summed E-state index contributed by atoms with van der Waals surface area (Å²) >= 11 is 0. The molecule has 0 aliphatic heterocycles. The standard InChI is InChI=1S/C13H28N2.C2H6/c1-11(2)10-15(5)13-8-6-12(7-9-13)14(3)4;1-2/h11-13H,6-10H2,1-5H3;1-2H3. The summed E-state index contributed by atoms with van der Waals surface area (Å²) in [5, 5.41) is 0. The van der Waals surface area contributed by atoms with E-state index in [0.29, 0.717) is 0 Å². The molecule has 0 atom stereocenters. The van der Waals surface area contributed by atoms with Crippen LogP contribution in [0.15, 0.2) is 0 Å². The first kappa shape index (κ1) is 16.9. The second-order valence-corrected chi connectivity index (χ2v) is 5.76. The van der Waals surface area contributed by atoms with Crippen molar-refractivity contribution < 1.29 is 0 Å². The molecule has 1 aliphatic rings. The van der Waals surface area contributed by atoms with Crippen molar-refractivity contribution in [3.63, 3.8) is 0 Å². The first-order valence-corrected chi connectivity index (χ1v) is 7.37. The maximum absolute atomic E-state index is 2.57. The van der Waals surface area contributed by atoms with Gasteiger partial charge in [-0.2, -0.15) is 0 Å². The van der Waals surface area contributed by atoms with E-state index in [-0.39, 0.29) is 0 Å². The molecule has 0 unspecified atom stereocenters. The first-order chi connectivity index (χ1) is 8.00. The molecule has 0 saturated heterocycles. The van der Waals surface area contributed by atoms with Gasteiger partial charge in [-0.25, -0.2) is 0 Å². The zero-order valence-electron chi connectivity index (χ0n) is 13.2. The van der Waals surface area contributed by atoms with Crippen molar-refractivity contribution >= 4 is 0 Å². The Balaban J connectivity index is 0.00000121. The molecule has 0 radical (unpaired) electrons. The highest BCUT2D eigenvalue weighted by molar-refractivity contribution is 4.81. The molecule has 0 aromatic rings. The van der Waals surface area contributed by atoms with E-state index in [1.807, 2.05) is 13.8 Å². The lowest BCUT2D eigenvalue weighted by Gasteiger charge is -2.37. The van der Waals surface area contributed by atoms with Crippen molar-refractivity contribution in [2.24, 2.45) is 5.92 Å². The summed E-state index contributed by atoms with van der Waals surface area (Å²) in [5.74, 6) is 0.793. The van der Waals surface area contributed by atoms with Gasteiger partial charge < -0.3 is 9.80 Å². The highest BCUT2D eigenvalue weighted by Crippen LogP contribution is 2.25. The van der Waals surface area contributed by atoms with Gasteiger partial charge in [0.25, 0.3) is 0 Å². The maximum atomic E-state index is 2.57. The molecule has 2 heteroatoms. The van der Waals surface area contributed by atoms with E-state index >= 15 is 0 Å². The van der Waals surface area contributed by atoms with Crippen LogP contribution < -0.4 is 0 Å². The van der Waals surface area contributed by atoms with Gasteiger partial charge in [0.1, 0.15) is 0 Å². The number of hydrogen-bond acceptors (Lipinski definition) is 2. The van der Waals surface area contributed by atoms with Crippen LogP contribution in [-0.4, -0.2) is 49.6 Å². The third kappa shape index (κ3) is 6.42. The Morgan fingerprint density at radius 1 is 0.882 bits per heavy atom. The third-order valence-corrected chi connectivity index (χ3v) is 3.67. The third-order valence-electron chi connectivity index (χ3n) is 3.67. The van der Waals surface area contributed by atoms with E-state index in [4.69, 9.17) is 0 Å². The highest BCUT2D eigenvalue weighted by Gasteiger charge is 2.24. The van der Waals surface area contributed by atoms with Gasteiger partial charge in [0.15, 0.2) is 0 Å². The van der Waals surface area contributed by atoms with Crippen molar-refractivity contribution in [2.45, 2.75) is 65.5 Å². The lowest BCUT2D eigenvalue weighted by molar-refractivity contribution is 0.129. The van der Waals surface area contributed by atoms with Crippen LogP contribution in [0.3, 0.4) is 0 Å². The number of rotatable bonds is 4. The Labute approximate surface area is 109 Å². The van der Waals surface area contributed by atoms with Crippen LogP contribution in [-0.2, 0) is 0 Å². The van der Waals surface area contributed by atoms with Gasteiger partial charge in [-0.05, 0) is 52.7 Å². The molecule has 1 fully saturated rings. The molecule has 0 heterocycles. The fourth-order valence-electron chi connectivity index (χ4n) is 2.74. The molecule has 1 saturated carbocycles. The second kappa shape index (κ2) is 8.93. The van der Waals surface area contributed by atoms with Crippen molar-refractivity contribution in [2.75, 3.05) is 27.7 Å². The van der Waals surface area contributed by atoms with Crippen LogP contribution in [0.1, 0.15) is 53.4 Å². The van der Waals surface area contributed by atoms with Gasteiger partial charge in [0.05, 0.1) is 0 Å². The average molecular weight is 242 g/mol. The van der Waals surface area contributed by atoms with Crippen molar-refractivity contribution in [3.8, 4) is 0 Å². The molecule has 0 bridgehead atoms. The largest absolute Gasteiger partial charge is 0.306 e. The molecule has 0 aromatic heterocycles. The lowest BCUT2D eigenvalue weighted by atomic mass is 9.89. The zero-order chi connectivity index (χ0) is 13.4. The normalized spacial score (nSPS) is 25.1. The van der Waals surface area contributed by atoms with E-state index in [1.165, 1.54) is 32.2 Å². The predicted octanol–water partition coefficient (Wildman–Crippen LogP) is 3.47. The Morgan fingerprint density at radius 3 is 1.65 bits per heavy atom. The lowest BCUT2D eigenvalue weighted by Crippen LogP contribution is -2.41.